The molecule has 2 rings (SSSR count). The molecule has 5 nitrogen and oxygen atoms in total. The lowest BCUT2D eigenvalue weighted by atomic mass is 9.88. The van der Waals surface area contributed by atoms with Crippen LogP contribution in [0.4, 0.5) is 4.79 Å². The fraction of sp³-hybridized carbons (Fsp3) is 0.529. The fourth-order valence-electron chi connectivity index (χ4n) is 3.03. The summed E-state index contributed by atoms with van der Waals surface area (Å²) < 4.78 is 10.3. The second kappa shape index (κ2) is 5.63. The van der Waals surface area contributed by atoms with Gasteiger partial charge in [0.05, 0.1) is 7.11 Å². The van der Waals surface area contributed by atoms with Crippen LogP contribution in [0.15, 0.2) is 18.2 Å². The Balaban J connectivity index is 2.42. The quantitative estimate of drug-likeness (QED) is 0.853. The minimum Gasteiger partial charge on any atom is -0.467 e. The molecule has 1 aromatic rings. The van der Waals surface area contributed by atoms with Crippen LogP contribution in [0.25, 0.3) is 0 Å². The zero-order valence-corrected chi connectivity index (χ0v) is 13.8. The number of carbonyl (C=O) groups is 2. The Morgan fingerprint density at radius 2 is 1.95 bits per heavy atom. The third-order valence-corrected chi connectivity index (χ3v) is 3.80. The van der Waals surface area contributed by atoms with Crippen LogP contribution in [0.3, 0.4) is 0 Å². The highest BCUT2D eigenvalue weighted by Crippen LogP contribution is 2.40. The van der Waals surface area contributed by atoms with E-state index in [1.807, 2.05) is 25.1 Å². The summed E-state index contributed by atoms with van der Waals surface area (Å²) in [5.74, 6) is -0.466. The minimum atomic E-state index is -1.17. The first-order valence-electron chi connectivity index (χ1n) is 7.38. The van der Waals surface area contributed by atoms with Crippen LogP contribution in [0.5, 0.6) is 0 Å². The van der Waals surface area contributed by atoms with E-state index in [0.717, 1.165) is 16.7 Å². The Kier molecular flexibility index (Phi) is 4.18. The first kappa shape index (κ1) is 16.3. The summed E-state index contributed by atoms with van der Waals surface area (Å²) in [6, 6.07) is 5.86. The van der Waals surface area contributed by atoms with Gasteiger partial charge >= 0.3 is 12.1 Å². The summed E-state index contributed by atoms with van der Waals surface area (Å²) in [6.45, 7) is 7.28. The Hall–Kier alpha value is -2.04. The molecule has 0 saturated heterocycles. The van der Waals surface area contributed by atoms with Gasteiger partial charge in [0.15, 0.2) is 5.54 Å². The SMILES string of the molecule is COC(=O)C1(NC(=O)OC(C)(C)C)CCc2cccc(C)c21. The molecule has 0 aromatic heterocycles. The number of ether oxygens (including phenoxy) is 2. The summed E-state index contributed by atoms with van der Waals surface area (Å²) in [5.41, 5.74) is 1.04. The van der Waals surface area contributed by atoms with E-state index in [9.17, 15) is 9.59 Å². The number of fused-ring (bicyclic) bond motifs is 1. The molecule has 1 aromatic carbocycles. The average Bonchev–Trinajstić information content (AvgIpc) is 2.77. The number of nitrogens with one attached hydrogen (secondary N) is 1. The summed E-state index contributed by atoms with van der Waals surface area (Å²) in [7, 11) is 1.33. The number of rotatable bonds is 2. The third-order valence-electron chi connectivity index (χ3n) is 3.80. The molecule has 0 aliphatic heterocycles. The van der Waals surface area contributed by atoms with Gasteiger partial charge in [0.1, 0.15) is 5.60 Å². The van der Waals surface area contributed by atoms with Crippen molar-refractivity contribution in [2.45, 2.75) is 51.7 Å². The Morgan fingerprint density at radius 3 is 2.55 bits per heavy atom. The van der Waals surface area contributed by atoms with Gasteiger partial charge in [-0.05, 0) is 57.2 Å². The van der Waals surface area contributed by atoms with Crippen molar-refractivity contribution in [2.24, 2.45) is 0 Å². The predicted molar refractivity (Wildman–Crippen MR) is 82.6 cm³/mol. The maximum atomic E-state index is 12.5. The maximum Gasteiger partial charge on any atom is 0.408 e. The van der Waals surface area contributed by atoms with Gasteiger partial charge in [-0.2, -0.15) is 0 Å². The lowest BCUT2D eigenvalue weighted by Gasteiger charge is -2.31. The molecule has 0 saturated carbocycles. The largest absolute Gasteiger partial charge is 0.467 e. The van der Waals surface area contributed by atoms with Crippen LogP contribution in [-0.2, 0) is 26.2 Å². The first-order valence-corrected chi connectivity index (χ1v) is 7.38. The molecule has 1 aliphatic rings. The van der Waals surface area contributed by atoms with E-state index in [1.54, 1.807) is 20.8 Å². The topological polar surface area (TPSA) is 64.6 Å². The summed E-state index contributed by atoms with van der Waals surface area (Å²) in [5, 5.41) is 2.76. The fourth-order valence-corrected chi connectivity index (χ4v) is 3.03. The van der Waals surface area contributed by atoms with Gasteiger partial charge in [-0.1, -0.05) is 18.2 Å². The van der Waals surface area contributed by atoms with Crippen molar-refractivity contribution >= 4 is 12.1 Å². The lowest BCUT2D eigenvalue weighted by Crippen LogP contribution is -2.52. The summed E-state index contributed by atoms with van der Waals surface area (Å²) >= 11 is 0. The summed E-state index contributed by atoms with van der Waals surface area (Å²) in [4.78, 5) is 24.7. The Bertz CT molecular complexity index is 603. The Morgan fingerprint density at radius 1 is 1.27 bits per heavy atom. The normalized spacial score (nSPS) is 20.2. The zero-order chi connectivity index (χ0) is 16.5. The molecule has 1 unspecified atom stereocenters. The molecule has 0 spiro atoms. The van der Waals surface area contributed by atoms with E-state index in [0.29, 0.717) is 12.8 Å². The number of hydrogen-bond acceptors (Lipinski definition) is 4. The first-order chi connectivity index (χ1) is 10.2. The second-order valence-electron chi connectivity index (χ2n) is 6.63. The van der Waals surface area contributed by atoms with Gasteiger partial charge in [-0.25, -0.2) is 9.59 Å². The number of esters is 1. The van der Waals surface area contributed by atoms with E-state index in [-0.39, 0.29) is 0 Å². The number of carbonyl (C=O) groups excluding carboxylic acids is 2. The predicted octanol–water partition coefficient (Wildman–Crippen LogP) is 2.83. The highest BCUT2D eigenvalue weighted by Gasteiger charge is 2.49. The average molecular weight is 305 g/mol. The van der Waals surface area contributed by atoms with Gasteiger partial charge in [0, 0.05) is 0 Å². The molecular weight excluding hydrogens is 282 g/mol. The molecular formula is C17H23NO4. The summed E-state index contributed by atoms with van der Waals surface area (Å²) in [6.07, 6.45) is 0.565. The van der Waals surface area contributed by atoms with Crippen molar-refractivity contribution in [3.05, 3.63) is 34.9 Å². The number of alkyl carbamates (subject to hydrolysis) is 1. The van der Waals surface area contributed by atoms with Gasteiger partial charge < -0.3 is 14.8 Å². The number of benzene rings is 1. The molecule has 1 amide bonds. The molecule has 1 aliphatic carbocycles. The van der Waals surface area contributed by atoms with E-state index in [2.05, 4.69) is 5.32 Å². The van der Waals surface area contributed by atoms with Gasteiger partial charge in [0.2, 0.25) is 0 Å². The standard InChI is InChI=1S/C17H23NO4/c1-11-7-6-8-12-9-10-17(13(11)12,14(19)21-5)18-15(20)22-16(2,3)4/h6-8H,9-10H2,1-5H3,(H,18,20). The molecule has 1 atom stereocenters. The number of hydrogen-bond donors (Lipinski definition) is 1. The van der Waals surface area contributed by atoms with E-state index >= 15 is 0 Å². The van der Waals surface area contributed by atoms with Crippen molar-refractivity contribution in [2.75, 3.05) is 7.11 Å². The van der Waals surface area contributed by atoms with E-state index in [1.165, 1.54) is 7.11 Å². The molecule has 5 heteroatoms. The number of amides is 1. The van der Waals surface area contributed by atoms with Crippen LogP contribution >= 0.6 is 0 Å². The Labute approximate surface area is 131 Å². The monoisotopic (exact) mass is 305 g/mol. The molecule has 0 bridgehead atoms. The van der Waals surface area contributed by atoms with Crippen molar-refractivity contribution in [1.82, 2.24) is 5.32 Å². The van der Waals surface area contributed by atoms with Crippen LogP contribution in [0, 0.1) is 6.92 Å². The van der Waals surface area contributed by atoms with Crippen LogP contribution < -0.4 is 5.32 Å². The van der Waals surface area contributed by atoms with Crippen molar-refractivity contribution in [1.29, 1.82) is 0 Å². The van der Waals surface area contributed by atoms with Crippen LogP contribution in [0.2, 0.25) is 0 Å². The van der Waals surface area contributed by atoms with Gasteiger partial charge in [0.25, 0.3) is 0 Å². The van der Waals surface area contributed by atoms with Crippen molar-refractivity contribution in [3.8, 4) is 0 Å². The zero-order valence-electron chi connectivity index (χ0n) is 13.8. The molecule has 0 heterocycles. The van der Waals surface area contributed by atoms with Gasteiger partial charge in [-0.15, -0.1) is 0 Å². The molecule has 0 fully saturated rings. The van der Waals surface area contributed by atoms with Crippen molar-refractivity contribution in [3.63, 3.8) is 0 Å². The molecule has 1 N–H and O–H groups in total. The molecule has 0 radical (unpaired) electrons. The highest BCUT2D eigenvalue weighted by atomic mass is 16.6. The van der Waals surface area contributed by atoms with Crippen LogP contribution in [-0.4, -0.2) is 24.8 Å². The van der Waals surface area contributed by atoms with Crippen LogP contribution in [0.1, 0.15) is 43.9 Å². The minimum absolute atomic E-state index is 0.466. The number of methoxy groups -OCH3 is 1. The smallest absolute Gasteiger partial charge is 0.408 e. The highest BCUT2D eigenvalue weighted by molar-refractivity contribution is 5.89. The van der Waals surface area contributed by atoms with E-state index < -0.39 is 23.2 Å². The number of aryl methyl sites for hydroxylation is 2. The second-order valence-corrected chi connectivity index (χ2v) is 6.63. The van der Waals surface area contributed by atoms with Crippen molar-refractivity contribution < 1.29 is 19.1 Å². The molecule has 22 heavy (non-hydrogen) atoms. The molecule has 120 valence electrons. The third kappa shape index (κ3) is 2.93. The van der Waals surface area contributed by atoms with E-state index in [4.69, 9.17) is 9.47 Å². The van der Waals surface area contributed by atoms with Gasteiger partial charge in [-0.3, -0.25) is 0 Å². The maximum absolute atomic E-state index is 12.5. The lowest BCUT2D eigenvalue weighted by molar-refractivity contribution is -0.149.